The molecular weight excluding hydrogens is 296 g/mol. The van der Waals surface area contributed by atoms with E-state index in [4.69, 9.17) is 0 Å². The fourth-order valence-electron chi connectivity index (χ4n) is 1.67. The van der Waals surface area contributed by atoms with E-state index >= 15 is 0 Å². The molecular formula is C12H16N4O2S2. The first-order chi connectivity index (χ1) is 9.42. The van der Waals surface area contributed by atoms with Gasteiger partial charge in [0, 0.05) is 24.3 Å². The van der Waals surface area contributed by atoms with Gasteiger partial charge in [-0.05, 0) is 26.1 Å². The Hall–Kier alpha value is -1.51. The molecule has 2 aromatic rings. The molecule has 0 aromatic carbocycles. The molecule has 0 fully saturated rings. The van der Waals surface area contributed by atoms with Crippen LogP contribution in [0.15, 0.2) is 29.4 Å². The fraction of sp³-hybridized carbons (Fsp3) is 0.333. The highest BCUT2D eigenvalue weighted by molar-refractivity contribution is 7.89. The molecule has 108 valence electrons. The van der Waals surface area contributed by atoms with Crippen molar-refractivity contribution in [1.29, 1.82) is 0 Å². The maximum atomic E-state index is 11.6. The molecule has 6 nitrogen and oxygen atoms in total. The zero-order chi connectivity index (χ0) is 14.8. The molecule has 20 heavy (non-hydrogen) atoms. The topological polar surface area (TPSA) is 75.2 Å². The van der Waals surface area contributed by atoms with Crippen molar-refractivity contribution in [2.75, 3.05) is 19.0 Å². The lowest BCUT2D eigenvalue weighted by Crippen LogP contribution is -2.20. The van der Waals surface area contributed by atoms with E-state index in [-0.39, 0.29) is 4.90 Å². The van der Waals surface area contributed by atoms with E-state index < -0.39 is 10.0 Å². The van der Waals surface area contributed by atoms with Crippen LogP contribution in [-0.4, -0.2) is 32.5 Å². The third-order valence-electron chi connectivity index (χ3n) is 2.75. The molecule has 0 saturated carbocycles. The monoisotopic (exact) mass is 312 g/mol. The maximum Gasteiger partial charge on any atom is 0.241 e. The first kappa shape index (κ1) is 14.9. The van der Waals surface area contributed by atoms with Gasteiger partial charge in [-0.2, -0.15) is 0 Å². The molecule has 0 spiro atoms. The van der Waals surface area contributed by atoms with Gasteiger partial charge in [0.1, 0.15) is 10.7 Å². The Morgan fingerprint density at radius 3 is 2.55 bits per heavy atom. The Labute approximate surface area is 122 Å². The van der Waals surface area contributed by atoms with Crippen molar-refractivity contribution in [2.24, 2.45) is 0 Å². The van der Waals surface area contributed by atoms with E-state index in [0.717, 1.165) is 9.88 Å². The highest BCUT2D eigenvalue weighted by Gasteiger charge is 2.12. The van der Waals surface area contributed by atoms with E-state index in [1.807, 2.05) is 25.1 Å². The molecule has 2 rings (SSSR count). The summed E-state index contributed by atoms with van der Waals surface area (Å²) in [6, 6.07) is 3.24. The second-order valence-corrected chi connectivity index (χ2v) is 7.47. The molecule has 0 aliphatic rings. The van der Waals surface area contributed by atoms with Gasteiger partial charge in [-0.1, -0.05) is 0 Å². The van der Waals surface area contributed by atoms with Crippen molar-refractivity contribution in [3.63, 3.8) is 0 Å². The molecule has 0 aliphatic heterocycles. The summed E-state index contributed by atoms with van der Waals surface area (Å²) in [6.45, 7) is 2.65. The maximum absolute atomic E-state index is 11.6. The zero-order valence-electron chi connectivity index (χ0n) is 11.5. The number of sulfonamides is 1. The zero-order valence-corrected chi connectivity index (χ0v) is 13.1. The van der Waals surface area contributed by atoms with Gasteiger partial charge in [-0.15, -0.1) is 11.3 Å². The normalized spacial score (nSPS) is 11.6. The second-order valence-electron chi connectivity index (χ2n) is 4.26. The highest BCUT2D eigenvalue weighted by atomic mass is 32.2. The van der Waals surface area contributed by atoms with Crippen LogP contribution in [0.3, 0.4) is 0 Å². The smallest absolute Gasteiger partial charge is 0.241 e. The van der Waals surface area contributed by atoms with Crippen LogP contribution in [-0.2, 0) is 16.6 Å². The molecule has 0 unspecified atom stereocenters. The molecule has 8 heteroatoms. The van der Waals surface area contributed by atoms with E-state index in [2.05, 4.69) is 14.7 Å². The standard InChI is InChI=1S/C12H16N4O2S2/c1-9-14-6-10(19-9)8-16(3)12-5-4-11(7-15-12)20(17,18)13-2/h4-7,13H,8H2,1-3H3. The second kappa shape index (κ2) is 5.86. The summed E-state index contributed by atoms with van der Waals surface area (Å²) in [7, 11) is -0.152. The largest absolute Gasteiger partial charge is 0.354 e. The Balaban J connectivity index is 2.13. The number of anilines is 1. The van der Waals surface area contributed by atoms with Crippen molar-refractivity contribution in [3.05, 3.63) is 34.4 Å². The molecule has 2 heterocycles. The lowest BCUT2D eigenvalue weighted by Gasteiger charge is -2.17. The van der Waals surface area contributed by atoms with Crippen LogP contribution in [0.25, 0.3) is 0 Å². The first-order valence-corrected chi connectivity index (χ1v) is 8.24. The van der Waals surface area contributed by atoms with Gasteiger partial charge in [0.2, 0.25) is 10.0 Å². The predicted octanol–water partition coefficient (Wildman–Crippen LogP) is 1.39. The fourth-order valence-corrected chi connectivity index (χ4v) is 3.19. The minimum absolute atomic E-state index is 0.158. The third kappa shape index (κ3) is 3.33. The quantitative estimate of drug-likeness (QED) is 0.903. The SMILES string of the molecule is CNS(=O)(=O)c1ccc(N(C)Cc2cnc(C)s2)nc1. The van der Waals surface area contributed by atoms with Crippen LogP contribution < -0.4 is 9.62 Å². The van der Waals surface area contributed by atoms with Gasteiger partial charge >= 0.3 is 0 Å². The van der Waals surface area contributed by atoms with Gasteiger partial charge in [0.15, 0.2) is 0 Å². The van der Waals surface area contributed by atoms with E-state index in [0.29, 0.717) is 12.4 Å². The summed E-state index contributed by atoms with van der Waals surface area (Å²) in [5.41, 5.74) is 0. The summed E-state index contributed by atoms with van der Waals surface area (Å²) in [4.78, 5) is 11.6. The van der Waals surface area contributed by atoms with Gasteiger partial charge < -0.3 is 4.90 Å². The summed E-state index contributed by atoms with van der Waals surface area (Å²) in [5, 5.41) is 1.02. The average Bonchev–Trinajstić information content (AvgIpc) is 2.84. The number of hydrogen-bond acceptors (Lipinski definition) is 6. The number of rotatable bonds is 5. The van der Waals surface area contributed by atoms with Gasteiger partial charge in [0.05, 0.1) is 11.6 Å². The first-order valence-electron chi connectivity index (χ1n) is 5.94. The summed E-state index contributed by atoms with van der Waals surface area (Å²) >= 11 is 1.64. The van der Waals surface area contributed by atoms with Crippen LogP contribution >= 0.6 is 11.3 Å². The van der Waals surface area contributed by atoms with Gasteiger partial charge in [-0.25, -0.2) is 23.1 Å². The number of aryl methyl sites for hydroxylation is 1. The molecule has 1 N–H and O–H groups in total. The number of thiazole rings is 1. The summed E-state index contributed by atoms with van der Waals surface area (Å²) in [5.74, 6) is 0.714. The molecule has 0 amide bonds. The molecule has 0 radical (unpaired) electrons. The minimum atomic E-state index is -3.44. The Bertz CT molecular complexity index is 680. The highest BCUT2D eigenvalue weighted by Crippen LogP contribution is 2.18. The van der Waals surface area contributed by atoms with Crippen LogP contribution in [0.5, 0.6) is 0 Å². The Morgan fingerprint density at radius 2 is 2.05 bits per heavy atom. The predicted molar refractivity (Wildman–Crippen MR) is 79.4 cm³/mol. The number of hydrogen-bond donors (Lipinski definition) is 1. The molecule has 0 atom stereocenters. The van der Waals surface area contributed by atoms with Gasteiger partial charge in [-0.3, -0.25) is 0 Å². The Kier molecular flexibility index (Phi) is 4.36. The summed E-state index contributed by atoms with van der Waals surface area (Å²) in [6.07, 6.45) is 3.20. The van der Waals surface area contributed by atoms with Crippen molar-refractivity contribution in [1.82, 2.24) is 14.7 Å². The Morgan fingerprint density at radius 1 is 1.30 bits per heavy atom. The van der Waals surface area contributed by atoms with Crippen LogP contribution in [0.1, 0.15) is 9.88 Å². The van der Waals surface area contributed by atoms with E-state index in [1.54, 1.807) is 23.5 Å². The lowest BCUT2D eigenvalue weighted by atomic mass is 10.4. The molecule has 2 aromatic heterocycles. The number of nitrogens with zero attached hydrogens (tertiary/aromatic N) is 3. The van der Waals surface area contributed by atoms with Crippen molar-refractivity contribution in [3.8, 4) is 0 Å². The third-order valence-corrected chi connectivity index (χ3v) is 5.05. The average molecular weight is 312 g/mol. The lowest BCUT2D eigenvalue weighted by molar-refractivity contribution is 0.588. The molecule has 0 bridgehead atoms. The van der Waals surface area contributed by atoms with Crippen molar-refractivity contribution < 1.29 is 8.42 Å². The summed E-state index contributed by atoms with van der Waals surface area (Å²) < 4.78 is 25.5. The van der Waals surface area contributed by atoms with E-state index in [9.17, 15) is 8.42 Å². The van der Waals surface area contributed by atoms with E-state index in [1.165, 1.54) is 13.2 Å². The van der Waals surface area contributed by atoms with Crippen LogP contribution in [0, 0.1) is 6.92 Å². The van der Waals surface area contributed by atoms with Crippen LogP contribution in [0.4, 0.5) is 5.82 Å². The number of aromatic nitrogens is 2. The van der Waals surface area contributed by atoms with Gasteiger partial charge in [0.25, 0.3) is 0 Å². The van der Waals surface area contributed by atoms with Crippen molar-refractivity contribution >= 4 is 27.2 Å². The van der Waals surface area contributed by atoms with Crippen LogP contribution in [0.2, 0.25) is 0 Å². The molecule has 0 aliphatic carbocycles. The number of pyridine rings is 1. The minimum Gasteiger partial charge on any atom is -0.354 e. The number of nitrogens with one attached hydrogen (secondary N) is 1. The van der Waals surface area contributed by atoms with Crippen molar-refractivity contribution in [2.45, 2.75) is 18.4 Å². The molecule has 0 saturated heterocycles.